The minimum atomic E-state index is -0.394. The number of piperidine rings is 1. The number of aliphatic hydroxyl groups is 1. The largest absolute Gasteiger partial charge is 0.393 e. The van der Waals surface area contributed by atoms with Crippen molar-refractivity contribution in [2.45, 2.75) is 64.3 Å². The van der Waals surface area contributed by atoms with E-state index in [2.05, 4.69) is 29.3 Å². The lowest BCUT2D eigenvalue weighted by atomic mass is 9.94. The molecule has 3 atom stereocenters. The predicted octanol–water partition coefficient (Wildman–Crippen LogP) is 2.49. The van der Waals surface area contributed by atoms with Crippen molar-refractivity contribution in [2.24, 2.45) is 0 Å². The molecule has 0 spiro atoms. The summed E-state index contributed by atoms with van der Waals surface area (Å²) in [5.41, 5.74) is 0.939. The molecule has 1 fully saturated rings. The fraction of sp³-hybridized carbons (Fsp3) is 0.611. The topological polar surface area (TPSA) is 52.6 Å². The van der Waals surface area contributed by atoms with E-state index in [-0.39, 0.29) is 23.5 Å². The van der Waals surface area contributed by atoms with Gasteiger partial charge in [-0.05, 0) is 46.1 Å². The fourth-order valence-electron chi connectivity index (χ4n) is 3.06. The second-order valence-corrected chi connectivity index (χ2v) is 7.26. The zero-order valence-electron chi connectivity index (χ0n) is 14.0. The normalized spacial score (nSPS) is 24.8. The van der Waals surface area contributed by atoms with Crippen LogP contribution in [0.15, 0.2) is 30.3 Å². The standard InChI is InChI=1S/C18H28N2O2/c1-13(14-8-6-5-7-9-14)20-11-10-15(21)12-16(20)17(22)19-18(2,3)4/h5-9,13,15-16,21H,10-12H2,1-4H3,(H,19,22)/t13-,15+,16-/m0/s1. The molecule has 0 unspecified atom stereocenters. The molecule has 1 aromatic rings. The molecule has 4 heteroatoms. The molecule has 22 heavy (non-hydrogen) atoms. The van der Waals surface area contributed by atoms with Crippen molar-refractivity contribution in [3.63, 3.8) is 0 Å². The number of nitrogens with one attached hydrogen (secondary N) is 1. The van der Waals surface area contributed by atoms with Crippen LogP contribution in [0.3, 0.4) is 0 Å². The average molecular weight is 304 g/mol. The van der Waals surface area contributed by atoms with E-state index in [1.807, 2.05) is 39.0 Å². The van der Waals surface area contributed by atoms with E-state index >= 15 is 0 Å². The van der Waals surface area contributed by atoms with Gasteiger partial charge in [0.25, 0.3) is 0 Å². The van der Waals surface area contributed by atoms with Crippen LogP contribution < -0.4 is 5.32 Å². The molecular formula is C18H28N2O2. The average Bonchev–Trinajstić information content (AvgIpc) is 2.45. The summed E-state index contributed by atoms with van der Waals surface area (Å²) < 4.78 is 0. The Bertz CT molecular complexity index is 496. The molecule has 1 amide bonds. The number of rotatable bonds is 3. The molecule has 0 bridgehead atoms. The fourth-order valence-corrected chi connectivity index (χ4v) is 3.06. The summed E-state index contributed by atoms with van der Waals surface area (Å²) in [6.07, 6.45) is 0.824. The number of benzene rings is 1. The molecule has 1 aliphatic heterocycles. The van der Waals surface area contributed by atoms with Gasteiger partial charge in [-0.15, -0.1) is 0 Å². The lowest BCUT2D eigenvalue weighted by Crippen LogP contribution is -2.56. The van der Waals surface area contributed by atoms with Gasteiger partial charge in [0, 0.05) is 18.1 Å². The Hall–Kier alpha value is -1.39. The molecule has 0 aliphatic carbocycles. The van der Waals surface area contributed by atoms with Gasteiger partial charge >= 0.3 is 0 Å². The highest BCUT2D eigenvalue weighted by Crippen LogP contribution is 2.29. The van der Waals surface area contributed by atoms with Crippen molar-refractivity contribution >= 4 is 5.91 Å². The van der Waals surface area contributed by atoms with Crippen molar-refractivity contribution < 1.29 is 9.90 Å². The number of likely N-dealkylation sites (tertiary alicyclic amines) is 1. The Labute approximate surface area is 133 Å². The van der Waals surface area contributed by atoms with E-state index < -0.39 is 6.10 Å². The number of amides is 1. The second-order valence-electron chi connectivity index (χ2n) is 7.26. The van der Waals surface area contributed by atoms with Crippen LogP contribution in [-0.2, 0) is 4.79 Å². The Balaban J connectivity index is 2.18. The third kappa shape index (κ3) is 4.31. The summed E-state index contributed by atoms with van der Waals surface area (Å²) in [5.74, 6) is 0.00836. The summed E-state index contributed by atoms with van der Waals surface area (Å²) in [4.78, 5) is 14.9. The number of hydrogen-bond acceptors (Lipinski definition) is 3. The van der Waals surface area contributed by atoms with Gasteiger partial charge in [0.05, 0.1) is 12.1 Å². The third-order valence-corrected chi connectivity index (χ3v) is 4.20. The summed E-state index contributed by atoms with van der Waals surface area (Å²) in [5, 5.41) is 13.0. The van der Waals surface area contributed by atoms with E-state index in [0.717, 1.165) is 13.0 Å². The van der Waals surface area contributed by atoms with Crippen molar-refractivity contribution in [1.82, 2.24) is 10.2 Å². The van der Waals surface area contributed by atoms with Gasteiger partial charge in [-0.25, -0.2) is 0 Å². The van der Waals surface area contributed by atoms with E-state index in [1.54, 1.807) is 0 Å². The molecule has 1 aliphatic rings. The molecule has 122 valence electrons. The number of aliphatic hydroxyl groups excluding tert-OH is 1. The van der Waals surface area contributed by atoms with Gasteiger partial charge in [-0.3, -0.25) is 9.69 Å². The van der Waals surface area contributed by atoms with E-state index in [0.29, 0.717) is 6.42 Å². The number of carbonyl (C=O) groups is 1. The summed E-state index contributed by atoms with van der Waals surface area (Å²) in [7, 11) is 0. The maximum Gasteiger partial charge on any atom is 0.237 e. The first-order valence-electron chi connectivity index (χ1n) is 8.09. The van der Waals surface area contributed by atoms with Crippen LogP contribution in [0.1, 0.15) is 52.1 Å². The van der Waals surface area contributed by atoms with Crippen molar-refractivity contribution in [3.05, 3.63) is 35.9 Å². The van der Waals surface area contributed by atoms with Gasteiger partial charge < -0.3 is 10.4 Å². The molecule has 0 aromatic heterocycles. The van der Waals surface area contributed by atoms with Crippen molar-refractivity contribution in [1.29, 1.82) is 0 Å². The van der Waals surface area contributed by atoms with Gasteiger partial charge in [0.2, 0.25) is 5.91 Å². The number of nitrogens with zero attached hydrogens (tertiary/aromatic N) is 1. The number of carbonyl (C=O) groups excluding carboxylic acids is 1. The van der Waals surface area contributed by atoms with Crippen LogP contribution in [0.25, 0.3) is 0 Å². The van der Waals surface area contributed by atoms with E-state index in [1.165, 1.54) is 5.56 Å². The summed E-state index contributed by atoms with van der Waals surface area (Å²) in [6.45, 7) is 8.81. The molecule has 0 radical (unpaired) electrons. The first-order chi connectivity index (χ1) is 10.3. The second kappa shape index (κ2) is 6.80. The third-order valence-electron chi connectivity index (χ3n) is 4.20. The predicted molar refractivity (Wildman–Crippen MR) is 88.5 cm³/mol. The minimum absolute atomic E-state index is 0.00836. The zero-order chi connectivity index (χ0) is 16.3. The van der Waals surface area contributed by atoms with Crippen LogP contribution in [0.5, 0.6) is 0 Å². The van der Waals surface area contributed by atoms with Gasteiger partial charge in [0.15, 0.2) is 0 Å². The smallest absolute Gasteiger partial charge is 0.237 e. The molecule has 1 saturated heterocycles. The molecule has 2 N–H and O–H groups in total. The Morgan fingerprint density at radius 2 is 1.95 bits per heavy atom. The van der Waals surface area contributed by atoms with Crippen LogP contribution >= 0.6 is 0 Å². The molecule has 1 heterocycles. The highest BCUT2D eigenvalue weighted by molar-refractivity contribution is 5.82. The highest BCUT2D eigenvalue weighted by Gasteiger charge is 2.36. The first-order valence-corrected chi connectivity index (χ1v) is 8.09. The van der Waals surface area contributed by atoms with E-state index in [4.69, 9.17) is 0 Å². The van der Waals surface area contributed by atoms with Crippen molar-refractivity contribution in [2.75, 3.05) is 6.54 Å². The Morgan fingerprint density at radius 3 is 2.55 bits per heavy atom. The highest BCUT2D eigenvalue weighted by atomic mass is 16.3. The maximum absolute atomic E-state index is 12.6. The monoisotopic (exact) mass is 304 g/mol. The maximum atomic E-state index is 12.6. The van der Waals surface area contributed by atoms with Crippen molar-refractivity contribution in [3.8, 4) is 0 Å². The summed E-state index contributed by atoms with van der Waals surface area (Å²) >= 11 is 0. The summed E-state index contributed by atoms with van der Waals surface area (Å²) in [6, 6.07) is 10.1. The van der Waals surface area contributed by atoms with Gasteiger partial charge in [-0.1, -0.05) is 30.3 Å². The van der Waals surface area contributed by atoms with Crippen LogP contribution in [-0.4, -0.2) is 40.1 Å². The molecule has 4 nitrogen and oxygen atoms in total. The lowest BCUT2D eigenvalue weighted by Gasteiger charge is -2.41. The van der Waals surface area contributed by atoms with Crippen LogP contribution in [0.2, 0.25) is 0 Å². The van der Waals surface area contributed by atoms with E-state index in [9.17, 15) is 9.90 Å². The molecule has 0 saturated carbocycles. The Kier molecular flexibility index (Phi) is 5.24. The van der Waals surface area contributed by atoms with Gasteiger partial charge in [0.1, 0.15) is 0 Å². The SMILES string of the molecule is C[C@@H](c1ccccc1)N1CC[C@@H](O)C[C@H]1C(=O)NC(C)(C)C. The molecular weight excluding hydrogens is 276 g/mol. The van der Waals surface area contributed by atoms with Crippen LogP contribution in [0.4, 0.5) is 0 Å². The molecule has 1 aromatic carbocycles. The van der Waals surface area contributed by atoms with Gasteiger partial charge in [-0.2, -0.15) is 0 Å². The first kappa shape index (κ1) is 17.0. The Morgan fingerprint density at radius 1 is 1.32 bits per heavy atom. The lowest BCUT2D eigenvalue weighted by molar-refractivity contribution is -0.132. The minimum Gasteiger partial charge on any atom is -0.393 e. The quantitative estimate of drug-likeness (QED) is 0.902. The zero-order valence-corrected chi connectivity index (χ0v) is 14.0. The van der Waals surface area contributed by atoms with Crippen LogP contribution in [0, 0.1) is 0 Å². The molecule has 2 rings (SSSR count). The number of hydrogen-bond donors (Lipinski definition) is 2.